The lowest BCUT2D eigenvalue weighted by molar-refractivity contribution is 0.0846. The number of carbonyl (C=O) groups is 2. The van der Waals surface area contributed by atoms with Crippen LogP contribution in [0.1, 0.15) is 32.1 Å². The maximum Gasteiger partial charge on any atom is 0.271 e. The number of methoxy groups -OCH3 is 1. The van der Waals surface area contributed by atoms with Crippen molar-refractivity contribution in [2.75, 3.05) is 7.11 Å². The minimum absolute atomic E-state index is 0.368. The number of nitrogens with one attached hydrogen (secondary N) is 2. The maximum atomic E-state index is 12.5. The quantitative estimate of drug-likeness (QED) is 0.700. The molecule has 0 spiro atoms. The van der Waals surface area contributed by atoms with Gasteiger partial charge < -0.3 is 9.30 Å². The van der Waals surface area contributed by atoms with E-state index in [1.165, 1.54) is 0 Å². The van der Waals surface area contributed by atoms with Crippen LogP contribution in [0.2, 0.25) is 0 Å². The summed E-state index contributed by atoms with van der Waals surface area (Å²) in [5.41, 5.74) is 8.52. The van der Waals surface area contributed by atoms with Crippen molar-refractivity contribution in [1.82, 2.24) is 15.4 Å². The Balaban J connectivity index is 1.77. The molecule has 1 aromatic heterocycles. The molecule has 27 heavy (non-hydrogen) atoms. The topological polar surface area (TPSA) is 72.4 Å². The van der Waals surface area contributed by atoms with E-state index in [1.54, 1.807) is 37.4 Å². The fourth-order valence-electron chi connectivity index (χ4n) is 2.96. The van der Waals surface area contributed by atoms with Crippen LogP contribution in [-0.4, -0.2) is 23.5 Å². The van der Waals surface area contributed by atoms with Crippen molar-refractivity contribution in [3.05, 3.63) is 83.2 Å². The fraction of sp³-hybridized carbons (Fsp3) is 0.143. The number of ether oxygens (including phenoxy) is 1. The first kappa shape index (κ1) is 18.3. The highest BCUT2D eigenvalue weighted by Gasteiger charge is 2.17. The molecule has 3 aromatic rings. The van der Waals surface area contributed by atoms with Gasteiger partial charge in [-0.15, -0.1) is 0 Å². The number of aromatic nitrogens is 1. The molecule has 1 heterocycles. The highest BCUT2D eigenvalue weighted by molar-refractivity contribution is 5.99. The van der Waals surface area contributed by atoms with E-state index in [1.807, 2.05) is 48.7 Å². The Morgan fingerprint density at radius 1 is 0.889 bits per heavy atom. The monoisotopic (exact) mass is 363 g/mol. The average molecular weight is 363 g/mol. The molecule has 6 nitrogen and oxygen atoms in total. The molecule has 0 saturated carbocycles. The average Bonchev–Trinajstić information content (AvgIpc) is 3.00. The summed E-state index contributed by atoms with van der Waals surface area (Å²) in [6.07, 6.45) is 0. The van der Waals surface area contributed by atoms with Gasteiger partial charge in [-0.3, -0.25) is 20.4 Å². The lowest BCUT2D eigenvalue weighted by Crippen LogP contribution is -2.41. The van der Waals surface area contributed by atoms with Gasteiger partial charge in [0.05, 0.1) is 12.7 Å². The smallest absolute Gasteiger partial charge is 0.271 e. The molecule has 0 saturated heterocycles. The Labute approximate surface area is 157 Å². The van der Waals surface area contributed by atoms with Gasteiger partial charge >= 0.3 is 0 Å². The van der Waals surface area contributed by atoms with Gasteiger partial charge in [0.2, 0.25) is 0 Å². The number of rotatable bonds is 4. The minimum atomic E-state index is -0.368. The predicted octanol–water partition coefficient (Wildman–Crippen LogP) is 3.18. The van der Waals surface area contributed by atoms with E-state index in [2.05, 4.69) is 10.9 Å². The summed E-state index contributed by atoms with van der Waals surface area (Å²) in [5, 5.41) is 0. The van der Waals surface area contributed by atoms with Crippen molar-refractivity contribution < 1.29 is 14.3 Å². The van der Waals surface area contributed by atoms with Gasteiger partial charge in [0, 0.05) is 22.6 Å². The molecule has 2 aromatic carbocycles. The summed E-state index contributed by atoms with van der Waals surface area (Å²) in [4.78, 5) is 24.6. The van der Waals surface area contributed by atoms with E-state index < -0.39 is 0 Å². The molecule has 6 heteroatoms. The summed E-state index contributed by atoms with van der Waals surface area (Å²) in [5.74, 6) is 0.0304. The van der Waals surface area contributed by atoms with Gasteiger partial charge in [0.15, 0.2) is 0 Å². The van der Waals surface area contributed by atoms with Gasteiger partial charge in [-0.25, -0.2) is 0 Å². The van der Waals surface area contributed by atoms with Crippen LogP contribution in [0.25, 0.3) is 5.69 Å². The number of carbonyl (C=O) groups excluding carboxylic acids is 2. The molecule has 0 unspecified atom stereocenters. The SMILES string of the molecule is COc1ccc(-n2c(C)cc(C(=O)NNC(=O)c3ccccc3)c2C)cc1. The molecular weight excluding hydrogens is 342 g/mol. The maximum absolute atomic E-state index is 12.5. The van der Waals surface area contributed by atoms with Gasteiger partial charge in [-0.05, 0) is 56.3 Å². The molecule has 2 amide bonds. The molecule has 0 aliphatic heterocycles. The van der Waals surface area contributed by atoms with Crippen LogP contribution in [0.15, 0.2) is 60.7 Å². The summed E-state index contributed by atoms with van der Waals surface area (Å²) < 4.78 is 7.17. The van der Waals surface area contributed by atoms with Crippen LogP contribution < -0.4 is 15.6 Å². The summed E-state index contributed by atoms with van der Waals surface area (Å²) >= 11 is 0. The van der Waals surface area contributed by atoms with Gasteiger partial charge in [-0.2, -0.15) is 0 Å². The lowest BCUT2D eigenvalue weighted by atomic mass is 10.2. The number of hydrazine groups is 1. The molecule has 0 bridgehead atoms. The Morgan fingerprint density at radius 3 is 2.15 bits per heavy atom. The third kappa shape index (κ3) is 3.84. The van der Waals surface area contributed by atoms with E-state index >= 15 is 0 Å². The molecule has 0 radical (unpaired) electrons. The Bertz CT molecular complexity index is 960. The zero-order valence-electron chi connectivity index (χ0n) is 15.4. The van der Waals surface area contributed by atoms with Gasteiger partial charge in [0.25, 0.3) is 11.8 Å². The Morgan fingerprint density at radius 2 is 1.52 bits per heavy atom. The molecule has 0 atom stereocenters. The third-order valence-corrected chi connectivity index (χ3v) is 4.33. The number of amides is 2. The summed E-state index contributed by atoms with van der Waals surface area (Å²) in [6.45, 7) is 3.79. The van der Waals surface area contributed by atoms with E-state index in [0.29, 0.717) is 11.1 Å². The lowest BCUT2D eigenvalue weighted by Gasteiger charge is -2.11. The molecule has 0 fully saturated rings. The molecule has 2 N–H and O–H groups in total. The molecule has 0 aliphatic carbocycles. The number of hydrogen-bond donors (Lipinski definition) is 2. The van der Waals surface area contributed by atoms with E-state index in [4.69, 9.17) is 4.74 Å². The largest absolute Gasteiger partial charge is 0.497 e. The molecule has 0 aliphatic rings. The molecule has 138 valence electrons. The van der Waals surface area contributed by atoms with E-state index in [-0.39, 0.29) is 11.8 Å². The molecule has 3 rings (SSSR count). The number of benzene rings is 2. The zero-order chi connectivity index (χ0) is 19.4. The van der Waals surface area contributed by atoms with Crippen molar-refractivity contribution in [3.8, 4) is 11.4 Å². The van der Waals surface area contributed by atoms with Crippen molar-refractivity contribution in [3.63, 3.8) is 0 Å². The first-order valence-corrected chi connectivity index (χ1v) is 8.50. The normalized spacial score (nSPS) is 10.3. The van der Waals surface area contributed by atoms with Crippen molar-refractivity contribution in [2.45, 2.75) is 13.8 Å². The second-order valence-electron chi connectivity index (χ2n) is 6.09. The summed E-state index contributed by atoms with van der Waals surface area (Å²) in [6, 6.07) is 18.1. The van der Waals surface area contributed by atoms with Crippen LogP contribution >= 0.6 is 0 Å². The third-order valence-electron chi connectivity index (χ3n) is 4.33. The van der Waals surface area contributed by atoms with Crippen LogP contribution in [-0.2, 0) is 0 Å². The fourth-order valence-corrected chi connectivity index (χ4v) is 2.96. The zero-order valence-corrected chi connectivity index (χ0v) is 15.4. The van der Waals surface area contributed by atoms with Crippen LogP contribution in [0.3, 0.4) is 0 Å². The predicted molar refractivity (Wildman–Crippen MR) is 103 cm³/mol. The van der Waals surface area contributed by atoms with E-state index in [9.17, 15) is 9.59 Å². The standard InChI is InChI=1S/C21H21N3O3/c1-14-13-19(15(2)24(14)17-9-11-18(27-3)12-10-17)21(26)23-22-20(25)16-7-5-4-6-8-16/h4-13H,1-3H3,(H,22,25)(H,23,26). The van der Waals surface area contributed by atoms with Crippen LogP contribution in [0, 0.1) is 13.8 Å². The Hall–Kier alpha value is -3.54. The number of aryl methyl sites for hydroxylation is 1. The van der Waals surface area contributed by atoms with Gasteiger partial charge in [-0.1, -0.05) is 18.2 Å². The molecular formula is C21H21N3O3. The van der Waals surface area contributed by atoms with Crippen molar-refractivity contribution >= 4 is 11.8 Å². The highest BCUT2D eigenvalue weighted by Crippen LogP contribution is 2.22. The van der Waals surface area contributed by atoms with Crippen LogP contribution in [0.5, 0.6) is 5.75 Å². The van der Waals surface area contributed by atoms with E-state index in [0.717, 1.165) is 22.8 Å². The van der Waals surface area contributed by atoms with Gasteiger partial charge in [0.1, 0.15) is 5.75 Å². The van der Waals surface area contributed by atoms with Crippen LogP contribution in [0.4, 0.5) is 0 Å². The first-order valence-electron chi connectivity index (χ1n) is 8.50. The first-order chi connectivity index (χ1) is 13.0. The van der Waals surface area contributed by atoms with Crippen molar-refractivity contribution in [2.24, 2.45) is 0 Å². The second-order valence-corrected chi connectivity index (χ2v) is 6.09. The number of hydrogen-bond acceptors (Lipinski definition) is 3. The Kier molecular flexibility index (Phi) is 5.26. The number of nitrogens with zero attached hydrogens (tertiary/aromatic N) is 1. The second kappa shape index (κ2) is 7.78. The summed E-state index contributed by atoms with van der Waals surface area (Å²) in [7, 11) is 1.62. The van der Waals surface area contributed by atoms with Crippen molar-refractivity contribution in [1.29, 1.82) is 0 Å². The highest BCUT2D eigenvalue weighted by atomic mass is 16.5. The minimum Gasteiger partial charge on any atom is -0.497 e.